The Morgan fingerprint density at radius 2 is 2.06 bits per heavy atom. The molecular weight excluding hydrogens is 240 g/mol. The van der Waals surface area contributed by atoms with Gasteiger partial charge in [0.05, 0.1) is 0 Å². The number of nitrogens with one attached hydrogen (secondary N) is 1. The van der Waals surface area contributed by atoms with Crippen LogP contribution >= 0.6 is 12.4 Å². The molecule has 0 radical (unpaired) electrons. The molecule has 17 heavy (non-hydrogen) atoms. The lowest BCUT2D eigenvalue weighted by Gasteiger charge is -2.12. The molecule has 1 aromatic carbocycles. The molecule has 0 saturated carbocycles. The zero-order chi connectivity index (χ0) is 12.0. The minimum atomic E-state index is -0.466. The van der Waals surface area contributed by atoms with Crippen LogP contribution in [0.3, 0.4) is 0 Å². The predicted octanol–water partition coefficient (Wildman–Crippen LogP) is 1.47. The Bertz CT molecular complexity index is 356. The summed E-state index contributed by atoms with van der Waals surface area (Å²) in [5, 5.41) is 3.29. The molecule has 0 saturated heterocycles. The molecule has 1 amide bonds. The fourth-order valence-electron chi connectivity index (χ4n) is 1.25. The topological polar surface area (TPSA) is 64.3 Å². The molecule has 0 atom stereocenters. The summed E-state index contributed by atoms with van der Waals surface area (Å²) in [6.07, 6.45) is 0. The monoisotopic (exact) mass is 258 g/mol. The Hall–Kier alpha value is -1.26. The summed E-state index contributed by atoms with van der Waals surface area (Å²) in [6, 6.07) is 8.01. The first-order chi connectivity index (χ1) is 7.59. The fraction of sp³-hybridized carbons (Fsp3) is 0.417. The highest BCUT2D eigenvalue weighted by molar-refractivity contribution is 5.85. The standard InChI is InChI=1S/C12H18N2O2.ClH/c1-9(2)14-7-10-5-3-4-6-11(10)16-8-12(13)15;/h3-6,9,14H,7-8H2,1-2H3,(H2,13,15);1H. The van der Waals surface area contributed by atoms with Gasteiger partial charge in [0.15, 0.2) is 6.61 Å². The molecule has 0 heterocycles. The number of benzene rings is 1. The van der Waals surface area contributed by atoms with Gasteiger partial charge in [0.25, 0.3) is 5.91 Å². The summed E-state index contributed by atoms with van der Waals surface area (Å²) in [7, 11) is 0. The summed E-state index contributed by atoms with van der Waals surface area (Å²) in [5.74, 6) is 0.237. The van der Waals surface area contributed by atoms with Gasteiger partial charge in [0, 0.05) is 18.2 Å². The predicted molar refractivity (Wildman–Crippen MR) is 70.4 cm³/mol. The van der Waals surface area contributed by atoms with E-state index in [0.29, 0.717) is 18.3 Å². The largest absolute Gasteiger partial charge is 0.483 e. The molecular formula is C12H19ClN2O2. The number of para-hydroxylation sites is 1. The number of hydrogen-bond donors (Lipinski definition) is 2. The molecule has 0 aromatic heterocycles. The number of amides is 1. The number of primary amides is 1. The first-order valence-corrected chi connectivity index (χ1v) is 5.32. The van der Waals surface area contributed by atoms with Crippen LogP contribution in [0.5, 0.6) is 5.75 Å². The van der Waals surface area contributed by atoms with Crippen LogP contribution < -0.4 is 15.8 Å². The lowest BCUT2D eigenvalue weighted by atomic mass is 10.2. The van der Waals surface area contributed by atoms with E-state index in [4.69, 9.17) is 10.5 Å². The Labute approximate surface area is 108 Å². The Morgan fingerprint density at radius 1 is 1.41 bits per heavy atom. The van der Waals surface area contributed by atoms with Crippen molar-refractivity contribution in [3.8, 4) is 5.75 Å². The molecule has 1 aromatic rings. The van der Waals surface area contributed by atoms with Crippen molar-refractivity contribution in [3.63, 3.8) is 0 Å². The maximum atomic E-state index is 10.6. The Balaban J connectivity index is 0.00000256. The van der Waals surface area contributed by atoms with E-state index >= 15 is 0 Å². The van der Waals surface area contributed by atoms with Crippen molar-refractivity contribution in [2.24, 2.45) is 5.73 Å². The average Bonchev–Trinajstić information content (AvgIpc) is 2.24. The zero-order valence-electron chi connectivity index (χ0n) is 10.1. The number of carbonyl (C=O) groups is 1. The van der Waals surface area contributed by atoms with E-state index in [-0.39, 0.29) is 19.0 Å². The first kappa shape index (κ1) is 15.7. The highest BCUT2D eigenvalue weighted by atomic mass is 35.5. The van der Waals surface area contributed by atoms with E-state index in [0.717, 1.165) is 5.56 Å². The van der Waals surface area contributed by atoms with Gasteiger partial charge in [-0.15, -0.1) is 12.4 Å². The minimum Gasteiger partial charge on any atom is -0.483 e. The smallest absolute Gasteiger partial charge is 0.255 e. The second-order valence-corrected chi connectivity index (χ2v) is 3.90. The third kappa shape index (κ3) is 6.14. The van der Waals surface area contributed by atoms with Crippen molar-refractivity contribution in [1.29, 1.82) is 0 Å². The summed E-state index contributed by atoms with van der Waals surface area (Å²) in [6.45, 7) is 4.78. The molecule has 3 N–H and O–H groups in total. The second kappa shape index (κ2) is 7.92. The van der Waals surface area contributed by atoms with Gasteiger partial charge in [-0.1, -0.05) is 32.0 Å². The number of hydrogen-bond acceptors (Lipinski definition) is 3. The lowest BCUT2D eigenvalue weighted by molar-refractivity contribution is -0.119. The Kier molecular flexibility index (Phi) is 7.34. The number of nitrogens with two attached hydrogens (primary N) is 1. The van der Waals surface area contributed by atoms with Gasteiger partial charge in [-0.25, -0.2) is 0 Å². The van der Waals surface area contributed by atoms with Gasteiger partial charge in [-0.2, -0.15) is 0 Å². The van der Waals surface area contributed by atoms with Crippen molar-refractivity contribution in [1.82, 2.24) is 5.32 Å². The van der Waals surface area contributed by atoms with Crippen molar-refractivity contribution >= 4 is 18.3 Å². The maximum Gasteiger partial charge on any atom is 0.255 e. The van der Waals surface area contributed by atoms with Crippen molar-refractivity contribution in [3.05, 3.63) is 29.8 Å². The molecule has 1 rings (SSSR count). The number of halogens is 1. The fourth-order valence-corrected chi connectivity index (χ4v) is 1.25. The third-order valence-corrected chi connectivity index (χ3v) is 2.04. The third-order valence-electron chi connectivity index (χ3n) is 2.04. The van der Waals surface area contributed by atoms with Gasteiger partial charge in [0.1, 0.15) is 5.75 Å². The van der Waals surface area contributed by atoms with Crippen LogP contribution in [0.15, 0.2) is 24.3 Å². The molecule has 0 unspecified atom stereocenters. The molecule has 0 bridgehead atoms. The quantitative estimate of drug-likeness (QED) is 0.812. The molecule has 0 aliphatic heterocycles. The van der Waals surface area contributed by atoms with Crippen LogP contribution in [0.1, 0.15) is 19.4 Å². The van der Waals surface area contributed by atoms with Gasteiger partial charge >= 0.3 is 0 Å². The summed E-state index contributed by atoms with van der Waals surface area (Å²) in [4.78, 5) is 10.6. The molecule has 96 valence electrons. The van der Waals surface area contributed by atoms with Gasteiger partial charge < -0.3 is 15.8 Å². The van der Waals surface area contributed by atoms with Gasteiger partial charge in [-0.3, -0.25) is 4.79 Å². The van der Waals surface area contributed by atoms with E-state index in [1.807, 2.05) is 24.3 Å². The van der Waals surface area contributed by atoms with E-state index in [9.17, 15) is 4.79 Å². The van der Waals surface area contributed by atoms with Crippen molar-refractivity contribution in [2.45, 2.75) is 26.4 Å². The molecule has 0 spiro atoms. The molecule has 0 aliphatic rings. The molecule has 5 heteroatoms. The molecule has 0 fully saturated rings. The number of carbonyl (C=O) groups excluding carboxylic acids is 1. The van der Waals surface area contributed by atoms with E-state index in [1.165, 1.54) is 0 Å². The average molecular weight is 259 g/mol. The maximum absolute atomic E-state index is 10.6. The zero-order valence-corrected chi connectivity index (χ0v) is 10.9. The summed E-state index contributed by atoms with van der Waals surface area (Å²) < 4.78 is 5.32. The summed E-state index contributed by atoms with van der Waals surface area (Å²) >= 11 is 0. The number of rotatable bonds is 6. The first-order valence-electron chi connectivity index (χ1n) is 5.32. The van der Waals surface area contributed by atoms with E-state index in [1.54, 1.807) is 0 Å². The van der Waals surface area contributed by atoms with Crippen LogP contribution in [0.25, 0.3) is 0 Å². The van der Waals surface area contributed by atoms with Crippen LogP contribution in [0.2, 0.25) is 0 Å². The lowest BCUT2D eigenvalue weighted by Crippen LogP contribution is -2.23. The number of ether oxygens (including phenoxy) is 1. The van der Waals surface area contributed by atoms with Gasteiger partial charge in [0.2, 0.25) is 0 Å². The van der Waals surface area contributed by atoms with Gasteiger partial charge in [-0.05, 0) is 6.07 Å². The van der Waals surface area contributed by atoms with Crippen LogP contribution in [0.4, 0.5) is 0 Å². The minimum absolute atomic E-state index is 0. The van der Waals surface area contributed by atoms with Crippen molar-refractivity contribution in [2.75, 3.05) is 6.61 Å². The second-order valence-electron chi connectivity index (χ2n) is 3.90. The van der Waals surface area contributed by atoms with E-state index in [2.05, 4.69) is 19.2 Å². The normalized spacial score (nSPS) is 9.82. The highest BCUT2D eigenvalue weighted by Crippen LogP contribution is 2.17. The Morgan fingerprint density at radius 3 is 2.65 bits per heavy atom. The van der Waals surface area contributed by atoms with Crippen LogP contribution in [0, 0.1) is 0 Å². The molecule has 0 aliphatic carbocycles. The highest BCUT2D eigenvalue weighted by Gasteiger charge is 2.04. The van der Waals surface area contributed by atoms with E-state index < -0.39 is 5.91 Å². The van der Waals surface area contributed by atoms with Crippen molar-refractivity contribution < 1.29 is 9.53 Å². The summed E-state index contributed by atoms with van der Waals surface area (Å²) in [5.41, 5.74) is 6.06. The SMILES string of the molecule is CC(C)NCc1ccccc1OCC(N)=O.Cl. The molecule has 4 nitrogen and oxygen atoms in total. The van der Waals surface area contributed by atoms with Crippen LogP contribution in [-0.4, -0.2) is 18.6 Å². The van der Waals surface area contributed by atoms with Crippen LogP contribution in [-0.2, 0) is 11.3 Å².